The van der Waals surface area contributed by atoms with Crippen molar-refractivity contribution in [3.05, 3.63) is 29.8 Å². The predicted octanol–water partition coefficient (Wildman–Crippen LogP) is -2.16. The number of carbonyl (C=O) groups is 4. The van der Waals surface area contributed by atoms with Crippen LogP contribution in [0.4, 0.5) is 5.69 Å². The molecule has 9 heteroatoms. The van der Waals surface area contributed by atoms with Crippen LogP contribution in [0.15, 0.2) is 24.3 Å². The maximum absolute atomic E-state index is 12.7. The number of benzene rings is 1. The van der Waals surface area contributed by atoms with Gasteiger partial charge in [-0.3, -0.25) is 14.4 Å². The van der Waals surface area contributed by atoms with Crippen molar-refractivity contribution in [2.24, 2.45) is 11.7 Å². The summed E-state index contributed by atoms with van der Waals surface area (Å²) in [5.74, 6) is -1.11. The van der Waals surface area contributed by atoms with E-state index in [2.05, 4.69) is 4.74 Å². The quantitative estimate of drug-likeness (QED) is 0.252. The molecule has 3 rings (SSSR count). The van der Waals surface area contributed by atoms with Gasteiger partial charge >= 0.3 is 5.97 Å². The van der Waals surface area contributed by atoms with E-state index in [1.165, 1.54) is 16.9 Å². The summed E-state index contributed by atoms with van der Waals surface area (Å²) in [6.07, 6.45) is 2.79. The first-order chi connectivity index (χ1) is 14.4. The van der Waals surface area contributed by atoms with Crippen molar-refractivity contribution in [2.75, 3.05) is 38.2 Å². The van der Waals surface area contributed by atoms with E-state index in [0.29, 0.717) is 11.3 Å². The molecule has 0 bridgehead atoms. The van der Waals surface area contributed by atoms with Gasteiger partial charge in [0.15, 0.2) is 6.04 Å². The van der Waals surface area contributed by atoms with Crippen molar-refractivity contribution in [1.82, 2.24) is 0 Å². The molecule has 9 nitrogen and oxygen atoms in total. The SMILES string of the molecule is COC(=O)c1ccc(N2C(=O)C[C@H]([NH2+]CCC[NH+]3CCC(C(N)=O)CC3)C2=O)cc1. The summed E-state index contributed by atoms with van der Waals surface area (Å²) in [7, 11) is 1.30. The highest BCUT2D eigenvalue weighted by atomic mass is 16.5. The Kier molecular flexibility index (Phi) is 7.17. The predicted molar refractivity (Wildman–Crippen MR) is 108 cm³/mol. The molecule has 0 spiro atoms. The Labute approximate surface area is 175 Å². The molecule has 0 radical (unpaired) electrons. The van der Waals surface area contributed by atoms with Crippen LogP contribution in [0.25, 0.3) is 0 Å². The summed E-state index contributed by atoms with van der Waals surface area (Å²) in [4.78, 5) is 50.5. The number of quaternary nitrogens is 2. The smallest absolute Gasteiger partial charge is 0.337 e. The average molecular weight is 418 g/mol. The zero-order valence-electron chi connectivity index (χ0n) is 17.3. The Morgan fingerprint density at radius 2 is 1.87 bits per heavy atom. The monoisotopic (exact) mass is 418 g/mol. The zero-order valence-corrected chi connectivity index (χ0v) is 17.3. The number of amides is 3. The highest BCUT2D eigenvalue weighted by molar-refractivity contribution is 6.21. The first-order valence-corrected chi connectivity index (χ1v) is 10.4. The lowest BCUT2D eigenvalue weighted by Crippen LogP contribution is -3.13. The lowest BCUT2D eigenvalue weighted by atomic mass is 9.96. The van der Waals surface area contributed by atoms with Crippen LogP contribution >= 0.6 is 0 Å². The number of primary amides is 1. The number of nitrogens with two attached hydrogens (primary N) is 2. The van der Waals surface area contributed by atoms with Crippen LogP contribution in [-0.2, 0) is 19.1 Å². The number of anilines is 1. The lowest BCUT2D eigenvalue weighted by molar-refractivity contribution is -0.907. The molecule has 1 aromatic rings. The Morgan fingerprint density at radius 1 is 1.20 bits per heavy atom. The number of carbonyl (C=O) groups excluding carboxylic acids is 4. The fraction of sp³-hybridized carbons (Fsp3) is 0.524. The molecule has 2 saturated heterocycles. The van der Waals surface area contributed by atoms with Gasteiger partial charge in [-0.05, 0) is 24.3 Å². The Hall–Kier alpha value is -2.78. The van der Waals surface area contributed by atoms with Crippen molar-refractivity contribution in [3.63, 3.8) is 0 Å². The molecule has 2 heterocycles. The first-order valence-electron chi connectivity index (χ1n) is 10.4. The number of nitrogens with zero attached hydrogens (tertiary/aromatic N) is 1. The van der Waals surface area contributed by atoms with E-state index >= 15 is 0 Å². The highest BCUT2D eigenvalue weighted by Crippen LogP contribution is 2.22. The fourth-order valence-electron chi connectivity index (χ4n) is 4.21. The third kappa shape index (κ3) is 5.03. The summed E-state index contributed by atoms with van der Waals surface area (Å²) >= 11 is 0. The second-order valence-electron chi connectivity index (χ2n) is 7.97. The summed E-state index contributed by atoms with van der Waals surface area (Å²) < 4.78 is 4.66. The van der Waals surface area contributed by atoms with Crippen molar-refractivity contribution in [1.29, 1.82) is 0 Å². The van der Waals surface area contributed by atoms with Gasteiger partial charge < -0.3 is 20.7 Å². The molecule has 2 aliphatic heterocycles. The van der Waals surface area contributed by atoms with Gasteiger partial charge in [-0.15, -0.1) is 0 Å². The van der Waals surface area contributed by atoms with Crippen LogP contribution in [0.5, 0.6) is 0 Å². The number of hydrogen-bond donors (Lipinski definition) is 3. The molecule has 5 N–H and O–H groups in total. The minimum atomic E-state index is -0.465. The molecular weight excluding hydrogens is 388 g/mol. The number of piperidine rings is 1. The number of methoxy groups -OCH3 is 1. The normalized spacial score (nSPS) is 24.2. The maximum atomic E-state index is 12.7. The Bertz CT molecular complexity index is 802. The van der Waals surface area contributed by atoms with Gasteiger partial charge in [0.05, 0.1) is 51.0 Å². The van der Waals surface area contributed by atoms with Gasteiger partial charge in [-0.25, -0.2) is 9.69 Å². The summed E-state index contributed by atoms with van der Waals surface area (Å²) in [6.45, 7) is 3.64. The van der Waals surface area contributed by atoms with E-state index in [9.17, 15) is 19.2 Å². The van der Waals surface area contributed by atoms with Crippen molar-refractivity contribution in [2.45, 2.75) is 31.7 Å². The molecule has 30 heavy (non-hydrogen) atoms. The van der Waals surface area contributed by atoms with E-state index in [1.807, 2.05) is 5.32 Å². The minimum Gasteiger partial charge on any atom is -0.465 e. The molecule has 162 valence electrons. The van der Waals surface area contributed by atoms with Crippen molar-refractivity contribution in [3.8, 4) is 0 Å². The third-order valence-corrected chi connectivity index (χ3v) is 6.01. The summed E-state index contributed by atoms with van der Waals surface area (Å²) in [6, 6.07) is 5.85. The van der Waals surface area contributed by atoms with E-state index in [1.54, 1.807) is 24.3 Å². The molecule has 2 aliphatic rings. The van der Waals surface area contributed by atoms with Crippen LogP contribution < -0.4 is 20.9 Å². The Balaban J connectivity index is 1.45. The van der Waals surface area contributed by atoms with E-state index in [-0.39, 0.29) is 30.1 Å². The van der Waals surface area contributed by atoms with Gasteiger partial charge in [0.2, 0.25) is 11.8 Å². The number of esters is 1. The molecule has 2 fully saturated rings. The van der Waals surface area contributed by atoms with E-state index in [0.717, 1.165) is 45.4 Å². The molecule has 0 saturated carbocycles. The first kappa shape index (κ1) is 21.9. The number of nitrogens with one attached hydrogen (secondary N) is 1. The van der Waals surface area contributed by atoms with Crippen molar-refractivity contribution >= 4 is 29.4 Å². The molecular formula is C21H30N4O5+2. The molecule has 0 aromatic heterocycles. The molecule has 1 aromatic carbocycles. The summed E-state index contributed by atoms with van der Waals surface area (Å²) in [5, 5.41) is 1.94. The highest BCUT2D eigenvalue weighted by Gasteiger charge is 2.42. The van der Waals surface area contributed by atoms with Gasteiger partial charge in [-0.2, -0.15) is 0 Å². The van der Waals surface area contributed by atoms with Crippen LogP contribution in [0, 0.1) is 5.92 Å². The van der Waals surface area contributed by atoms with E-state index in [4.69, 9.17) is 5.73 Å². The maximum Gasteiger partial charge on any atom is 0.337 e. The van der Waals surface area contributed by atoms with Gasteiger partial charge in [-0.1, -0.05) is 0 Å². The zero-order chi connectivity index (χ0) is 21.7. The van der Waals surface area contributed by atoms with E-state index < -0.39 is 12.0 Å². The fourth-order valence-corrected chi connectivity index (χ4v) is 4.21. The third-order valence-electron chi connectivity index (χ3n) is 6.01. The lowest BCUT2D eigenvalue weighted by Gasteiger charge is -2.27. The molecule has 3 amide bonds. The van der Waals surface area contributed by atoms with Crippen molar-refractivity contribution < 1.29 is 34.1 Å². The second kappa shape index (κ2) is 9.82. The number of rotatable bonds is 8. The average Bonchev–Trinajstić information content (AvgIpc) is 3.04. The topological polar surface area (TPSA) is 128 Å². The molecule has 0 aliphatic carbocycles. The van der Waals surface area contributed by atoms with Crippen LogP contribution in [0.1, 0.15) is 36.0 Å². The summed E-state index contributed by atoms with van der Waals surface area (Å²) in [5.41, 5.74) is 6.21. The van der Waals surface area contributed by atoms with Crippen LogP contribution in [0.3, 0.4) is 0 Å². The number of hydrogen-bond acceptors (Lipinski definition) is 5. The molecule has 1 atom stereocenters. The minimum absolute atomic E-state index is 0.00935. The van der Waals surface area contributed by atoms with Gasteiger partial charge in [0.1, 0.15) is 0 Å². The Morgan fingerprint density at radius 3 is 2.47 bits per heavy atom. The number of ether oxygens (including phenoxy) is 1. The second-order valence-corrected chi connectivity index (χ2v) is 7.97. The standard InChI is InChI=1S/C21H28N4O5/c1-30-21(29)15-3-5-16(6-4-15)25-18(26)13-17(20(25)28)23-9-2-10-24-11-7-14(8-12-24)19(22)27/h3-6,14,17,23H,2,7-13H2,1H3,(H2,22,27)/p+2/t17-/m0/s1. The molecule has 0 unspecified atom stereocenters. The van der Waals surface area contributed by atoms with Gasteiger partial charge in [0, 0.05) is 25.2 Å². The largest absolute Gasteiger partial charge is 0.465 e. The van der Waals surface area contributed by atoms with Crippen LogP contribution in [0.2, 0.25) is 0 Å². The number of likely N-dealkylation sites (tertiary alicyclic amines) is 1. The number of imide groups is 1. The van der Waals surface area contributed by atoms with Gasteiger partial charge in [0.25, 0.3) is 5.91 Å². The van der Waals surface area contributed by atoms with Crippen LogP contribution in [-0.4, -0.2) is 63.0 Å².